The van der Waals surface area contributed by atoms with E-state index in [0.29, 0.717) is 32.3 Å². The summed E-state index contributed by atoms with van der Waals surface area (Å²) in [4.78, 5) is 12.5. The number of benzene rings is 2. The van der Waals surface area contributed by atoms with E-state index in [4.69, 9.17) is 26.8 Å². The van der Waals surface area contributed by atoms with Gasteiger partial charge in [0.15, 0.2) is 17.2 Å². The molecule has 14 heteroatoms. The van der Waals surface area contributed by atoms with Gasteiger partial charge in [-0.2, -0.15) is 9.78 Å². The normalized spacial score (nSPS) is 11.1. The van der Waals surface area contributed by atoms with Crippen molar-refractivity contribution in [3.8, 4) is 17.3 Å². The van der Waals surface area contributed by atoms with Crippen LogP contribution in [0.1, 0.15) is 27.3 Å². The van der Waals surface area contributed by atoms with Gasteiger partial charge in [0, 0.05) is 10.6 Å². The van der Waals surface area contributed by atoms with Crippen LogP contribution in [0, 0.1) is 6.92 Å². The summed E-state index contributed by atoms with van der Waals surface area (Å²) in [7, 11) is 1.52. The van der Waals surface area contributed by atoms with Crippen molar-refractivity contribution in [2.45, 2.75) is 13.5 Å². The van der Waals surface area contributed by atoms with Gasteiger partial charge in [0.25, 0.3) is 5.91 Å². The van der Waals surface area contributed by atoms with Crippen molar-refractivity contribution in [2.75, 3.05) is 12.8 Å². The maximum absolute atomic E-state index is 12.5. The quantitative estimate of drug-likeness (QED) is 0.243. The summed E-state index contributed by atoms with van der Waals surface area (Å²) >= 11 is 9.69. The predicted octanol–water partition coefficient (Wildman–Crippen LogP) is 3.31. The number of nitrogen functional groups attached to an aromatic ring is 1. The molecule has 0 spiro atoms. The molecule has 3 N–H and O–H groups in total. The van der Waals surface area contributed by atoms with Gasteiger partial charge in [0.1, 0.15) is 6.61 Å². The molecule has 0 aliphatic carbocycles. The Hall–Kier alpha value is -3.97. The van der Waals surface area contributed by atoms with Crippen LogP contribution in [-0.2, 0) is 6.61 Å². The van der Waals surface area contributed by atoms with Gasteiger partial charge >= 0.3 is 0 Å². The Morgan fingerprint density at radius 3 is 2.86 bits per heavy atom. The number of carbonyl (C=O) groups is 1. The SMILES string of the molecule is COc1cc(/C=N\NC(=O)c2nnn(-c3nonc3N)c2C)cc(Br)c1OCc1ccccc1Cl. The first-order valence-corrected chi connectivity index (χ1v) is 11.1. The number of halogens is 2. The maximum Gasteiger partial charge on any atom is 0.293 e. The van der Waals surface area contributed by atoms with E-state index in [1.165, 1.54) is 18.0 Å². The van der Waals surface area contributed by atoms with E-state index in [1.807, 2.05) is 18.2 Å². The summed E-state index contributed by atoms with van der Waals surface area (Å²) in [5, 5.41) is 19.4. The molecule has 180 valence electrons. The first-order chi connectivity index (χ1) is 16.9. The van der Waals surface area contributed by atoms with Crippen molar-refractivity contribution in [1.29, 1.82) is 0 Å². The summed E-state index contributed by atoms with van der Waals surface area (Å²) < 4.78 is 17.8. The topological polar surface area (TPSA) is 156 Å². The molecule has 0 radical (unpaired) electrons. The highest BCUT2D eigenvalue weighted by molar-refractivity contribution is 9.10. The average molecular weight is 562 g/mol. The molecule has 0 fully saturated rings. The van der Waals surface area contributed by atoms with Crippen molar-refractivity contribution in [3.05, 3.63) is 68.4 Å². The minimum absolute atomic E-state index is 0.0156. The zero-order chi connectivity index (χ0) is 24.9. The molecule has 4 aromatic rings. The second-order valence-corrected chi connectivity index (χ2v) is 8.28. The van der Waals surface area contributed by atoms with Crippen molar-refractivity contribution < 1.29 is 18.9 Å². The lowest BCUT2D eigenvalue weighted by atomic mass is 10.2. The van der Waals surface area contributed by atoms with Crippen LogP contribution in [-0.4, -0.2) is 44.5 Å². The van der Waals surface area contributed by atoms with Crippen molar-refractivity contribution >= 4 is 45.5 Å². The van der Waals surface area contributed by atoms with E-state index < -0.39 is 5.91 Å². The maximum atomic E-state index is 12.5. The van der Waals surface area contributed by atoms with E-state index in [0.717, 1.165) is 5.56 Å². The van der Waals surface area contributed by atoms with Gasteiger partial charge in [-0.25, -0.2) is 10.1 Å². The molecule has 2 aromatic carbocycles. The number of ether oxygens (including phenoxy) is 2. The highest BCUT2D eigenvalue weighted by Crippen LogP contribution is 2.37. The molecular weight excluding hydrogens is 544 g/mol. The summed E-state index contributed by atoms with van der Waals surface area (Å²) in [6.07, 6.45) is 1.45. The molecule has 0 aliphatic heterocycles. The zero-order valence-corrected chi connectivity index (χ0v) is 20.7. The van der Waals surface area contributed by atoms with E-state index in [1.54, 1.807) is 25.1 Å². The second kappa shape index (κ2) is 10.5. The van der Waals surface area contributed by atoms with Crippen LogP contribution in [0.5, 0.6) is 11.5 Å². The number of hydrazone groups is 1. The number of nitrogens with zero attached hydrogens (tertiary/aromatic N) is 6. The first-order valence-electron chi connectivity index (χ1n) is 9.97. The number of aromatic nitrogens is 5. The van der Waals surface area contributed by atoms with E-state index in [9.17, 15) is 4.79 Å². The van der Waals surface area contributed by atoms with Gasteiger partial charge in [0.05, 0.1) is 23.5 Å². The summed E-state index contributed by atoms with van der Waals surface area (Å²) in [6, 6.07) is 10.9. The molecule has 0 saturated heterocycles. The van der Waals surface area contributed by atoms with Crippen LogP contribution in [0.25, 0.3) is 5.82 Å². The molecule has 2 aromatic heterocycles. The molecule has 1 amide bonds. The van der Waals surface area contributed by atoms with E-state index >= 15 is 0 Å². The van der Waals surface area contributed by atoms with Gasteiger partial charge in [-0.05, 0) is 56.9 Å². The number of anilines is 1. The number of nitrogens with two attached hydrogens (primary N) is 1. The summed E-state index contributed by atoms with van der Waals surface area (Å²) in [5.74, 6) is 0.540. The van der Waals surface area contributed by atoms with Gasteiger partial charge in [-0.3, -0.25) is 4.79 Å². The molecule has 4 rings (SSSR count). The Labute approximate surface area is 212 Å². The molecule has 35 heavy (non-hydrogen) atoms. The minimum Gasteiger partial charge on any atom is -0.493 e. The Morgan fingerprint density at radius 1 is 1.34 bits per heavy atom. The highest BCUT2D eigenvalue weighted by Gasteiger charge is 2.20. The lowest BCUT2D eigenvalue weighted by Gasteiger charge is -2.14. The third-order valence-corrected chi connectivity index (χ3v) is 5.72. The summed E-state index contributed by atoms with van der Waals surface area (Å²) in [6.45, 7) is 1.88. The lowest BCUT2D eigenvalue weighted by Crippen LogP contribution is -2.19. The fourth-order valence-electron chi connectivity index (χ4n) is 3.02. The number of amides is 1. The van der Waals surface area contributed by atoms with Crippen LogP contribution in [0.2, 0.25) is 5.02 Å². The zero-order valence-electron chi connectivity index (χ0n) is 18.4. The smallest absolute Gasteiger partial charge is 0.293 e. The predicted molar refractivity (Wildman–Crippen MR) is 130 cm³/mol. The lowest BCUT2D eigenvalue weighted by molar-refractivity contribution is 0.0949. The molecule has 0 atom stereocenters. The summed E-state index contributed by atoms with van der Waals surface area (Å²) in [5.41, 5.74) is 9.96. The molecule has 2 heterocycles. The largest absolute Gasteiger partial charge is 0.493 e. The molecule has 0 saturated carbocycles. The van der Waals surface area contributed by atoms with Crippen LogP contribution in [0.15, 0.2) is 50.6 Å². The number of rotatable bonds is 8. The first kappa shape index (κ1) is 24.2. The Balaban J connectivity index is 1.45. The Bertz CT molecular complexity index is 1400. The third-order valence-electron chi connectivity index (χ3n) is 4.77. The third kappa shape index (κ3) is 5.25. The fraction of sp³-hybridized carbons (Fsp3) is 0.143. The number of hydrogen-bond acceptors (Lipinski definition) is 10. The van der Waals surface area contributed by atoms with Crippen molar-refractivity contribution in [2.24, 2.45) is 5.10 Å². The molecular formula is C21H18BrClN8O4. The van der Waals surface area contributed by atoms with Gasteiger partial charge in [0.2, 0.25) is 11.6 Å². The van der Waals surface area contributed by atoms with Crippen LogP contribution in [0.3, 0.4) is 0 Å². The fourth-order valence-corrected chi connectivity index (χ4v) is 3.78. The molecule has 0 aliphatic rings. The standard InChI is InChI=1S/C21H18BrClN8O4/c1-11-17(26-30-31(11)20-19(24)28-35-29-20)21(32)27-25-9-12-7-14(22)18(16(8-12)33-2)34-10-13-5-3-4-6-15(13)23/h3-9H,10H2,1-2H3,(H2,24,28)(H,27,32)/b25-9-. The van der Waals surface area contributed by atoms with E-state index in [2.05, 4.69) is 51.7 Å². The monoisotopic (exact) mass is 560 g/mol. The minimum atomic E-state index is -0.578. The average Bonchev–Trinajstić information content (AvgIpc) is 3.43. The van der Waals surface area contributed by atoms with Crippen LogP contribution in [0.4, 0.5) is 5.82 Å². The highest BCUT2D eigenvalue weighted by atomic mass is 79.9. The van der Waals surface area contributed by atoms with Crippen molar-refractivity contribution in [1.82, 2.24) is 30.7 Å². The number of nitrogens with one attached hydrogen (secondary N) is 1. The molecule has 0 unspecified atom stereocenters. The molecule has 12 nitrogen and oxygen atoms in total. The number of carbonyl (C=O) groups excluding carboxylic acids is 1. The number of methoxy groups -OCH3 is 1. The van der Waals surface area contributed by atoms with Gasteiger partial charge in [-0.1, -0.05) is 35.0 Å². The van der Waals surface area contributed by atoms with Gasteiger partial charge < -0.3 is 15.2 Å². The van der Waals surface area contributed by atoms with E-state index in [-0.39, 0.29) is 23.9 Å². The van der Waals surface area contributed by atoms with Crippen molar-refractivity contribution in [3.63, 3.8) is 0 Å². The van der Waals surface area contributed by atoms with Crippen LogP contribution < -0.4 is 20.6 Å². The Kier molecular flexibility index (Phi) is 7.27. The second-order valence-electron chi connectivity index (χ2n) is 7.02. The van der Waals surface area contributed by atoms with Gasteiger partial charge in [-0.15, -0.1) is 5.10 Å². The molecule has 0 bridgehead atoms. The van der Waals surface area contributed by atoms with Crippen LogP contribution >= 0.6 is 27.5 Å². The Morgan fingerprint density at radius 2 is 2.14 bits per heavy atom. The number of hydrogen-bond donors (Lipinski definition) is 2.